The van der Waals surface area contributed by atoms with Gasteiger partial charge in [-0.25, -0.2) is 13.1 Å². The van der Waals surface area contributed by atoms with Crippen molar-refractivity contribution in [2.45, 2.75) is 18.2 Å². The number of rotatable bonds is 8. The highest BCUT2D eigenvalue weighted by molar-refractivity contribution is 7.89. The molecule has 1 aromatic carbocycles. The Kier molecular flexibility index (Phi) is 6.32. The third-order valence-corrected chi connectivity index (χ3v) is 4.28. The standard InChI is InChI=1S/C13H18N2O5S/c1-2-10(13(17)18)8-14-12(16)9-15-21(19,20)11-6-4-3-5-7-11/h3-7,10,15H,2,8-9H2,1H3,(H,14,16)(H,17,18). The van der Waals surface area contributed by atoms with E-state index in [4.69, 9.17) is 5.11 Å². The van der Waals surface area contributed by atoms with Gasteiger partial charge in [-0.15, -0.1) is 0 Å². The largest absolute Gasteiger partial charge is 0.481 e. The van der Waals surface area contributed by atoms with Crippen LogP contribution in [-0.2, 0) is 19.6 Å². The van der Waals surface area contributed by atoms with Crippen LogP contribution in [0.15, 0.2) is 35.2 Å². The lowest BCUT2D eigenvalue weighted by Crippen LogP contribution is -2.40. The Bertz CT molecular complexity index is 586. The minimum absolute atomic E-state index is 0.0300. The minimum atomic E-state index is -3.74. The molecule has 1 atom stereocenters. The molecule has 1 unspecified atom stereocenters. The highest BCUT2D eigenvalue weighted by atomic mass is 32.2. The predicted octanol–water partition coefficient (Wildman–Crippen LogP) is 0.192. The van der Waals surface area contributed by atoms with Crippen molar-refractivity contribution in [1.29, 1.82) is 0 Å². The van der Waals surface area contributed by atoms with Crippen LogP contribution < -0.4 is 10.0 Å². The fourth-order valence-electron chi connectivity index (χ4n) is 1.55. The summed E-state index contributed by atoms with van der Waals surface area (Å²) in [6, 6.07) is 7.67. The van der Waals surface area contributed by atoms with E-state index in [9.17, 15) is 18.0 Å². The van der Waals surface area contributed by atoms with Gasteiger partial charge in [-0.05, 0) is 18.6 Å². The average molecular weight is 314 g/mol. The molecule has 0 aliphatic rings. The number of benzene rings is 1. The van der Waals surface area contributed by atoms with Crippen LogP contribution in [-0.4, -0.2) is 38.5 Å². The van der Waals surface area contributed by atoms with Crippen molar-refractivity contribution in [2.24, 2.45) is 5.92 Å². The van der Waals surface area contributed by atoms with Crippen LogP contribution in [0.1, 0.15) is 13.3 Å². The van der Waals surface area contributed by atoms with Crippen LogP contribution in [0.25, 0.3) is 0 Å². The van der Waals surface area contributed by atoms with Crippen LogP contribution in [0.5, 0.6) is 0 Å². The van der Waals surface area contributed by atoms with Crippen molar-refractivity contribution >= 4 is 21.9 Å². The Labute approximate surface area is 123 Å². The molecular weight excluding hydrogens is 296 g/mol. The molecule has 1 aromatic rings. The average Bonchev–Trinajstić information content (AvgIpc) is 2.46. The Hall–Kier alpha value is -1.93. The van der Waals surface area contributed by atoms with Crippen molar-refractivity contribution < 1.29 is 23.1 Å². The first-order chi connectivity index (χ1) is 9.86. The van der Waals surface area contributed by atoms with Crippen molar-refractivity contribution in [1.82, 2.24) is 10.0 Å². The summed E-state index contributed by atoms with van der Waals surface area (Å²) in [5, 5.41) is 11.2. The minimum Gasteiger partial charge on any atom is -0.481 e. The van der Waals surface area contributed by atoms with Crippen LogP contribution >= 0.6 is 0 Å². The fraction of sp³-hybridized carbons (Fsp3) is 0.385. The zero-order valence-electron chi connectivity index (χ0n) is 11.6. The highest BCUT2D eigenvalue weighted by Gasteiger charge is 2.18. The summed E-state index contributed by atoms with van der Waals surface area (Å²) >= 11 is 0. The number of aliphatic carboxylic acids is 1. The van der Waals surface area contributed by atoms with E-state index in [1.54, 1.807) is 25.1 Å². The number of carboxylic acid groups (broad SMARTS) is 1. The van der Waals surface area contributed by atoms with Crippen molar-refractivity contribution in [3.63, 3.8) is 0 Å². The molecule has 0 fully saturated rings. The first-order valence-corrected chi connectivity index (χ1v) is 7.89. The Morgan fingerprint density at radius 1 is 1.24 bits per heavy atom. The summed E-state index contributed by atoms with van der Waals surface area (Å²) in [5.74, 6) is -2.25. The summed E-state index contributed by atoms with van der Waals surface area (Å²) in [7, 11) is -3.74. The van der Waals surface area contributed by atoms with Gasteiger partial charge in [-0.3, -0.25) is 9.59 Å². The van der Waals surface area contributed by atoms with Gasteiger partial charge in [0.05, 0.1) is 17.4 Å². The van der Waals surface area contributed by atoms with Gasteiger partial charge in [0.25, 0.3) is 0 Å². The lowest BCUT2D eigenvalue weighted by molar-refractivity contribution is -0.141. The number of carboxylic acids is 1. The molecule has 8 heteroatoms. The van der Waals surface area contributed by atoms with Gasteiger partial charge in [-0.1, -0.05) is 25.1 Å². The van der Waals surface area contributed by atoms with E-state index in [1.165, 1.54) is 12.1 Å². The zero-order chi connectivity index (χ0) is 15.9. The number of amides is 1. The molecule has 1 amide bonds. The second kappa shape index (κ2) is 7.75. The van der Waals surface area contributed by atoms with Crippen molar-refractivity contribution in [2.75, 3.05) is 13.1 Å². The molecular formula is C13H18N2O5S. The zero-order valence-corrected chi connectivity index (χ0v) is 12.4. The van der Waals surface area contributed by atoms with Crippen LogP contribution in [0, 0.1) is 5.92 Å². The first-order valence-electron chi connectivity index (χ1n) is 6.41. The van der Waals surface area contributed by atoms with E-state index in [0.717, 1.165) is 0 Å². The highest BCUT2D eigenvalue weighted by Crippen LogP contribution is 2.06. The maximum Gasteiger partial charge on any atom is 0.308 e. The number of carbonyl (C=O) groups excluding carboxylic acids is 1. The van der Waals surface area contributed by atoms with E-state index in [2.05, 4.69) is 10.0 Å². The first kappa shape index (κ1) is 17.1. The van der Waals surface area contributed by atoms with E-state index >= 15 is 0 Å². The van der Waals surface area contributed by atoms with Gasteiger partial charge in [0.2, 0.25) is 15.9 Å². The topological polar surface area (TPSA) is 113 Å². The molecule has 116 valence electrons. The molecule has 0 saturated carbocycles. The lowest BCUT2D eigenvalue weighted by atomic mass is 10.1. The molecule has 3 N–H and O–H groups in total. The summed E-state index contributed by atoms with van der Waals surface area (Å²) in [4.78, 5) is 22.4. The van der Waals surface area contributed by atoms with Crippen LogP contribution in [0.4, 0.5) is 0 Å². The van der Waals surface area contributed by atoms with Gasteiger partial charge < -0.3 is 10.4 Å². The van der Waals surface area contributed by atoms with Crippen molar-refractivity contribution in [3.8, 4) is 0 Å². The normalized spacial score (nSPS) is 12.6. The van der Waals surface area contributed by atoms with Crippen LogP contribution in [0.2, 0.25) is 0 Å². The second-order valence-corrected chi connectivity index (χ2v) is 6.15. The van der Waals surface area contributed by atoms with Gasteiger partial charge in [0.15, 0.2) is 0 Å². The SMILES string of the molecule is CCC(CNC(=O)CNS(=O)(=O)c1ccccc1)C(=O)O. The van der Waals surface area contributed by atoms with E-state index in [0.29, 0.717) is 6.42 Å². The second-order valence-electron chi connectivity index (χ2n) is 4.39. The summed E-state index contributed by atoms with van der Waals surface area (Å²) in [6.45, 7) is 1.23. The van der Waals surface area contributed by atoms with Gasteiger partial charge in [0.1, 0.15) is 0 Å². The van der Waals surface area contributed by atoms with Gasteiger partial charge >= 0.3 is 5.97 Å². The molecule has 0 spiro atoms. The Morgan fingerprint density at radius 3 is 2.38 bits per heavy atom. The lowest BCUT2D eigenvalue weighted by Gasteiger charge is -2.11. The molecule has 0 bridgehead atoms. The van der Waals surface area contributed by atoms with Gasteiger partial charge in [0, 0.05) is 6.54 Å². The summed E-state index contributed by atoms with van der Waals surface area (Å²) in [5.41, 5.74) is 0. The molecule has 0 aliphatic heterocycles. The molecule has 0 radical (unpaired) electrons. The number of carbonyl (C=O) groups is 2. The maximum atomic E-state index is 11.9. The fourth-order valence-corrected chi connectivity index (χ4v) is 2.55. The summed E-state index contributed by atoms with van der Waals surface area (Å²) < 4.78 is 25.9. The third-order valence-electron chi connectivity index (χ3n) is 2.86. The van der Waals surface area contributed by atoms with E-state index < -0.39 is 34.4 Å². The van der Waals surface area contributed by atoms with E-state index in [1.807, 2.05) is 0 Å². The number of hydrogen-bond donors (Lipinski definition) is 3. The number of hydrogen-bond acceptors (Lipinski definition) is 4. The smallest absolute Gasteiger partial charge is 0.308 e. The monoisotopic (exact) mass is 314 g/mol. The third kappa shape index (κ3) is 5.52. The maximum absolute atomic E-state index is 11.9. The molecule has 0 aromatic heterocycles. The van der Waals surface area contributed by atoms with E-state index in [-0.39, 0.29) is 11.4 Å². The molecule has 1 rings (SSSR count). The van der Waals surface area contributed by atoms with Crippen molar-refractivity contribution in [3.05, 3.63) is 30.3 Å². The number of sulfonamides is 1. The molecule has 7 nitrogen and oxygen atoms in total. The molecule has 21 heavy (non-hydrogen) atoms. The predicted molar refractivity (Wildman–Crippen MR) is 76.1 cm³/mol. The van der Waals surface area contributed by atoms with Gasteiger partial charge in [-0.2, -0.15) is 0 Å². The summed E-state index contributed by atoms with van der Waals surface area (Å²) in [6.07, 6.45) is 0.380. The van der Waals surface area contributed by atoms with Crippen LogP contribution in [0.3, 0.4) is 0 Å². The Morgan fingerprint density at radius 2 is 1.86 bits per heavy atom. The quantitative estimate of drug-likeness (QED) is 0.634. The number of nitrogens with one attached hydrogen (secondary N) is 2. The Balaban J connectivity index is 2.48. The molecule has 0 saturated heterocycles. The molecule has 0 heterocycles. The molecule has 0 aliphatic carbocycles.